The van der Waals surface area contributed by atoms with Crippen molar-refractivity contribution in [3.8, 4) is 5.75 Å². The van der Waals surface area contributed by atoms with E-state index in [1.54, 1.807) is 23.5 Å². The Hall–Kier alpha value is -2.38. The number of hydrogen-bond donors (Lipinski definition) is 0. The number of nitrogens with zero attached hydrogens (tertiary/aromatic N) is 2. The van der Waals surface area contributed by atoms with Crippen molar-refractivity contribution >= 4 is 15.9 Å². The Kier molecular flexibility index (Phi) is 7.63. The summed E-state index contributed by atoms with van der Waals surface area (Å²) in [5.74, 6) is 1.27. The lowest BCUT2D eigenvalue weighted by molar-refractivity contribution is -0.137. The molecule has 2 aromatic rings. The highest BCUT2D eigenvalue weighted by molar-refractivity contribution is 7.89. The molecule has 2 fully saturated rings. The number of sulfonamides is 1. The summed E-state index contributed by atoms with van der Waals surface area (Å²) in [5.41, 5.74) is 2.30. The van der Waals surface area contributed by atoms with E-state index in [4.69, 9.17) is 4.74 Å². The number of piperidine rings is 1. The van der Waals surface area contributed by atoms with E-state index in [1.807, 2.05) is 35.2 Å². The van der Waals surface area contributed by atoms with Gasteiger partial charge in [-0.3, -0.25) is 4.79 Å². The van der Waals surface area contributed by atoms with E-state index in [0.29, 0.717) is 36.7 Å². The van der Waals surface area contributed by atoms with Crippen molar-refractivity contribution in [3.05, 3.63) is 59.7 Å². The summed E-state index contributed by atoms with van der Waals surface area (Å²) in [7, 11) is -1.87. The number of carbonyl (C=O) groups is 1. The lowest BCUT2D eigenvalue weighted by Crippen LogP contribution is -2.46. The molecule has 2 saturated heterocycles. The van der Waals surface area contributed by atoms with Crippen molar-refractivity contribution in [2.24, 2.45) is 5.92 Å². The molecule has 1 unspecified atom stereocenters. The molecule has 0 spiro atoms. The summed E-state index contributed by atoms with van der Waals surface area (Å²) >= 11 is 0. The third kappa shape index (κ3) is 5.31. The van der Waals surface area contributed by atoms with Crippen LogP contribution in [-0.4, -0.2) is 56.3 Å². The van der Waals surface area contributed by atoms with E-state index in [1.165, 1.54) is 5.56 Å². The van der Waals surface area contributed by atoms with Gasteiger partial charge in [0.05, 0.1) is 12.0 Å². The number of rotatable bonds is 7. The molecule has 1 atom stereocenters. The van der Waals surface area contributed by atoms with Crippen LogP contribution in [0.5, 0.6) is 5.75 Å². The molecule has 2 aromatic carbocycles. The smallest absolute Gasteiger partial charge is 0.243 e. The number of ether oxygens (including phenoxy) is 1. The lowest BCUT2D eigenvalue weighted by atomic mass is 9.95. The number of hydrogen-bond acceptors (Lipinski definition) is 4. The predicted molar refractivity (Wildman–Crippen MR) is 133 cm³/mol. The summed E-state index contributed by atoms with van der Waals surface area (Å²) in [6.45, 7) is 5.74. The Morgan fingerprint density at radius 2 is 1.74 bits per heavy atom. The molecule has 7 heteroatoms. The minimum absolute atomic E-state index is 0.110. The van der Waals surface area contributed by atoms with Crippen molar-refractivity contribution in [1.82, 2.24) is 9.21 Å². The van der Waals surface area contributed by atoms with Crippen molar-refractivity contribution in [2.75, 3.05) is 26.7 Å². The Bertz CT molecular complexity index is 1090. The third-order valence-electron chi connectivity index (χ3n) is 7.25. The van der Waals surface area contributed by atoms with E-state index in [2.05, 4.69) is 19.9 Å². The second kappa shape index (κ2) is 10.5. The van der Waals surface area contributed by atoms with Gasteiger partial charge in [0, 0.05) is 31.6 Å². The van der Waals surface area contributed by atoms with Crippen molar-refractivity contribution in [2.45, 2.75) is 62.8 Å². The molecule has 0 bridgehead atoms. The number of carbonyl (C=O) groups excluding carboxylic acids is 1. The van der Waals surface area contributed by atoms with E-state index < -0.39 is 10.0 Å². The van der Waals surface area contributed by atoms with Crippen LogP contribution in [-0.2, 0) is 21.2 Å². The number of benzene rings is 2. The molecule has 2 heterocycles. The van der Waals surface area contributed by atoms with Gasteiger partial charge in [0.2, 0.25) is 15.9 Å². The normalized spacial score (nSPS) is 20.1. The second-order valence-electron chi connectivity index (χ2n) is 9.79. The molecule has 0 saturated carbocycles. The summed E-state index contributed by atoms with van der Waals surface area (Å²) in [4.78, 5) is 15.8. The van der Waals surface area contributed by atoms with E-state index in [0.717, 1.165) is 37.1 Å². The van der Waals surface area contributed by atoms with Crippen LogP contribution >= 0.6 is 0 Å². The first kappa shape index (κ1) is 24.7. The van der Waals surface area contributed by atoms with E-state index >= 15 is 0 Å². The van der Waals surface area contributed by atoms with Crippen molar-refractivity contribution in [1.29, 1.82) is 0 Å². The lowest BCUT2D eigenvalue weighted by Gasteiger charge is -2.34. The molecule has 4 rings (SSSR count). The van der Waals surface area contributed by atoms with Gasteiger partial charge in [-0.1, -0.05) is 38.1 Å². The number of amides is 1. The summed E-state index contributed by atoms with van der Waals surface area (Å²) in [6, 6.07) is 15.4. The molecule has 0 aliphatic carbocycles. The molecule has 0 radical (unpaired) electrons. The summed E-state index contributed by atoms with van der Waals surface area (Å²) < 4.78 is 33.1. The summed E-state index contributed by atoms with van der Waals surface area (Å²) in [5, 5.41) is 0. The average Bonchev–Trinajstić information content (AvgIpc) is 3.31. The highest BCUT2D eigenvalue weighted by Gasteiger charge is 2.37. The monoisotopic (exact) mass is 484 g/mol. The van der Waals surface area contributed by atoms with Gasteiger partial charge in [-0.2, -0.15) is 4.31 Å². The first-order chi connectivity index (χ1) is 16.3. The summed E-state index contributed by atoms with van der Waals surface area (Å²) in [6.07, 6.45) is 3.99. The van der Waals surface area contributed by atoms with Gasteiger partial charge in [0.15, 0.2) is 0 Å². The average molecular weight is 485 g/mol. The molecule has 2 aliphatic heterocycles. The molecular formula is C27H36N2O4S. The SMILES string of the molecule is COc1cccc(CC2CCCN2C(=O)C2CCN(S(=O)(=O)c3ccc(C(C)C)cc3)CC2)c1. The van der Waals surface area contributed by atoms with E-state index in [-0.39, 0.29) is 17.9 Å². The van der Waals surface area contributed by atoms with Crippen LogP contribution in [0.1, 0.15) is 56.6 Å². The van der Waals surface area contributed by atoms with Crippen LogP contribution in [0.15, 0.2) is 53.4 Å². The molecule has 6 nitrogen and oxygen atoms in total. The predicted octanol–water partition coefficient (Wildman–Crippen LogP) is 4.45. The zero-order valence-electron chi connectivity index (χ0n) is 20.4. The van der Waals surface area contributed by atoms with Gasteiger partial charge in [-0.25, -0.2) is 8.42 Å². The van der Waals surface area contributed by atoms with Crippen molar-refractivity contribution < 1.29 is 17.9 Å². The third-order valence-corrected chi connectivity index (χ3v) is 9.17. The largest absolute Gasteiger partial charge is 0.497 e. The molecule has 184 valence electrons. The maximum absolute atomic E-state index is 13.4. The van der Waals surface area contributed by atoms with Gasteiger partial charge < -0.3 is 9.64 Å². The zero-order chi connectivity index (χ0) is 24.3. The van der Waals surface area contributed by atoms with Crippen LogP contribution in [0, 0.1) is 5.92 Å². The highest BCUT2D eigenvalue weighted by Crippen LogP contribution is 2.30. The fraction of sp³-hybridized carbons (Fsp3) is 0.519. The minimum Gasteiger partial charge on any atom is -0.497 e. The van der Waals surface area contributed by atoms with Gasteiger partial charge in [-0.05, 0) is 73.4 Å². The zero-order valence-corrected chi connectivity index (χ0v) is 21.3. The van der Waals surface area contributed by atoms with Crippen LogP contribution in [0.4, 0.5) is 0 Å². The molecule has 0 N–H and O–H groups in total. The second-order valence-corrected chi connectivity index (χ2v) is 11.7. The first-order valence-corrected chi connectivity index (χ1v) is 13.8. The molecule has 1 amide bonds. The molecule has 0 aromatic heterocycles. The number of methoxy groups -OCH3 is 1. The fourth-order valence-corrected chi connectivity index (χ4v) is 6.63. The quantitative estimate of drug-likeness (QED) is 0.582. The minimum atomic E-state index is -3.53. The Morgan fingerprint density at radius 1 is 1.03 bits per heavy atom. The van der Waals surface area contributed by atoms with Gasteiger partial charge in [-0.15, -0.1) is 0 Å². The Balaban J connectivity index is 1.37. The van der Waals surface area contributed by atoms with Gasteiger partial charge in [0.1, 0.15) is 5.75 Å². The Labute approximate surface area is 204 Å². The Morgan fingerprint density at radius 3 is 2.38 bits per heavy atom. The van der Waals surface area contributed by atoms with Crippen LogP contribution in [0.3, 0.4) is 0 Å². The molecule has 2 aliphatic rings. The standard InChI is InChI=1S/C27H36N2O4S/c1-20(2)22-9-11-26(12-10-22)34(31,32)28-16-13-23(14-17-28)27(30)29-15-5-7-24(29)18-21-6-4-8-25(19-21)33-3/h4,6,8-12,19-20,23-24H,5,7,13-18H2,1-3H3. The van der Waals surface area contributed by atoms with Crippen LogP contribution in [0.2, 0.25) is 0 Å². The van der Waals surface area contributed by atoms with Gasteiger partial charge >= 0.3 is 0 Å². The van der Waals surface area contributed by atoms with Crippen LogP contribution < -0.4 is 4.74 Å². The van der Waals surface area contributed by atoms with Crippen LogP contribution in [0.25, 0.3) is 0 Å². The van der Waals surface area contributed by atoms with Gasteiger partial charge in [0.25, 0.3) is 0 Å². The maximum atomic E-state index is 13.4. The van der Waals surface area contributed by atoms with E-state index in [9.17, 15) is 13.2 Å². The van der Waals surface area contributed by atoms with Crippen molar-refractivity contribution in [3.63, 3.8) is 0 Å². The molecular weight excluding hydrogens is 448 g/mol. The fourth-order valence-electron chi connectivity index (χ4n) is 5.16. The first-order valence-electron chi connectivity index (χ1n) is 12.3. The maximum Gasteiger partial charge on any atom is 0.243 e. The number of likely N-dealkylation sites (tertiary alicyclic amines) is 1. The molecule has 34 heavy (non-hydrogen) atoms. The highest BCUT2D eigenvalue weighted by atomic mass is 32.2. The topological polar surface area (TPSA) is 66.9 Å².